The summed E-state index contributed by atoms with van der Waals surface area (Å²) in [5, 5.41) is 65.8. The quantitative estimate of drug-likeness (QED) is 0.0720. The van der Waals surface area contributed by atoms with Crippen molar-refractivity contribution >= 4 is 80.7 Å². The van der Waals surface area contributed by atoms with Gasteiger partial charge in [0, 0.05) is 45.2 Å². The normalized spacial score (nSPS) is 21.7. The Balaban J connectivity index is 0.961. The fourth-order valence-corrected chi connectivity index (χ4v) is 14.1. The zero-order valence-electron chi connectivity index (χ0n) is 63.3. The number of ether oxygens (including phenoxy) is 2. The minimum absolute atomic E-state index is 0.00504. The zero-order valence-corrected chi connectivity index (χ0v) is 63.3. The average molecular weight is 1510 g/mol. The van der Waals surface area contributed by atoms with Gasteiger partial charge in [-0.25, -0.2) is 19.0 Å². The van der Waals surface area contributed by atoms with Gasteiger partial charge in [-0.15, -0.1) is 10.2 Å². The number of benzene rings is 6. The number of likely N-dealkylation sites (N-methyl/N-ethyl adjacent to an activating group) is 2. The van der Waals surface area contributed by atoms with Crippen molar-refractivity contribution < 1.29 is 67.6 Å². The fraction of sp³-hybridized carbons (Fsp3) is 0.425. The summed E-state index contributed by atoms with van der Waals surface area (Å²) < 4.78 is 15.1. The highest BCUT2D eigenvalue weighted by Crippen LogP contribution is 2.38. The van der Waals surface area contributed by atoms with Crippen LogP contribution in [0.4, 0.5) is 0 Å². The Hall–Kier alpha value is -11.7. The lowest BCUT2D eigenvalue weighted by Crippen LogP contribution is -2.66. The van der Waals surface area contributed by atoms with E-state index in [9.17, 15) is 29.4 Å². The molecule has 14 rings (SSSR count). The summed E-state index contributed by atoms with van der Waals surface area (Å²) >= 11 is 0. The Morgan fingerprint density at radius 1 is 0.564 bits per heavy atom. The highest BCUT2D eigenvalue weighted by molar-refractivity contribution is 5.99. The lowest BCUT2D eigenvalue weighted by atomic mass is 9.85. The number of hydrogen-bond donors (Lipinski definition) is 10. The average Bonchev–Trinajstić information content (AvgIpc) is 1.56. The summed E-state index contributed by atoms with van der Waals surface area (Å²) in [6, 6.07) is 26.9. The van der Waals surface area contributed by atoms with Gasteiger partial charge in [-0.05, 0) is 120 Å². The number of aromatic nitrogens is 6. The van der Waals surface area contributed by atoms with E-state index in [-0.39, 0.29) is 82.7 Å². The van der Waals surface area contributed by atoms with Crippen LogP contribution in [0.3, 0.4) is 0 Å². The Kier molecular flexibility index (Phi) is 24.4. The van der Waals surface area contributed by atoms with E-state index in [1.807, 2.05) is 72.8 Å². The predicted molar refractivity (Wildman–Crippen MR) is 405 cm³/mol. The molecule has 10 N–H and O–H groups in total. The third-order valence-electron chi connectivity index (χ3n) is 20.7. The lowest BCUT2D eigenvalue weighted by molar-refractivity contribution is -0.157. The summed E-state index contributed by atoms with van der Waals surface area (Å²) in [5.74, 6) is -7.70. The van der Waals surface area contributed by atoms with Gasteiger partial charge in [0.05, 0.1) is 30.5 Å². The van der Waals surface area contributed by atoms with E-state index in [0.29, 0.717) is 33.7 Å². The van der Waals surface area contributed by atoms with Gasteiger partial charge in [-0.1, -0.05) is 161 Å². The van der Waals surface area contributed by atoms with Gasteiger partial charge in [0.1, 0.15) is 78.4 Å². The van der Waals surface area contributed by atoms with Crippen LogP contribution in [0.25, 0.3) is 21.5 Å². The van der Waals surface area contributed by atoms with Crippen molar-refractivity contribution in [3.05, 3.63) is 179 Å². The number of carbonyl (C=O) groups is 10. The molecule has 110 heavy (non-hydrogen) atoms. The van der Waals surface area contributed by atoms with Crippen LogP contribution in [-0.4, -0.2) is 191 Å². The van der Waals surface area contributed by atoms with Crippen molar-refractivity contribution in [2.24, 2.45) is 10.8 Å². The van der Waals surface area contributed by atoms with Gasteiger partial charge < -0.3 is 72.0 Å². The first-order valence-electron chi connectivity index (χ1n) is 36.9. The van der Waals surface area contributed by atoms with Crippen LogP contribution in [0.5, 0.6) is 11.5 Å². The van der Waals surface area contributed by atoms with Gasteiger partial charge in [0.2, 0.25) is 47.0 Å². The molecule has 30 nitrogen and oxygen atoms in total. The number of likely N-dealkylation sites (tertiary alicyclic amines) is 2. The zero-order chi connectivity index (χ0) is 78.9. The molecule has 2 fully saturated rings. The molecule has 11 atom stereocenters. The van der Waals surface area contributed by atoms with E-state index >= 15 is 28.8 Å². The van der Waals surface area contributed by atoms with E-state index in [1.165, 1.54) is 25.4 Å². The number of rotatable bonds is 14. The predicted octanol–water partition coefficient (Wildman–Crippen LogP) is 4.42. The molecule has 30 heteroatoms. The number of nitrogens with one attached hydrogen (secondary N) is 8. The molecular formula is C80H96N16O14. The summed E-state index contributed by atoms with van der Waals surface area (Å²) in [4.78, 5) is 149. The summed E-state index contributed by atoms with van der Waals surface area (Å²) in [6.45, 7) is 13.5. The monoisotopic (exact) mass is 1500 g/mol. The molecule has 580 valence electrons. The Bertz CT molecular complexity index is 4720. The largest absolute Gasteiger partial charge is 0.487 e. The summed E-state index contributed by atoms with van der Waals surface area (Å²) in [6.07, 6.45) is 2.57. The van der Waals surface area contributed by atoms with Gasteiger partial charge >= 0.3 is 11.9 Å². The molecule has 2 aromatic heterocycles. The SMILES string of the molecule is CNC(C)C(=O)NC(C(=O)N1CCC2C1C(=O)NC(Cc1ccc3ccccc3c1)C(=O)NC(C(=O)O)Cc1ccc(cc1)OCc1cn(nn1)C1(CCCN1C(=O)C(NC(=O)C(C)NC)C(C)(C)C)C(=O)NC(Cc1ccc3ccccc3c1)C(=O)NC(C(=O)O)Cc1ccc(cc1)OCc1cn2nn1)C(C)(C)C. The van der Waals surface area contributed by atoms with Crippen LogP contribution in [0.1, 0.15) is 114 Å². The molecule has 8 aromatic rings. The number of nitrogens with zero attached hydrogens (tertiary/aromatic N) is 8. The number of fused-ring (bicyclic) bond motifs is 2. The molecule has 0 aliphatic carbocycles. The van der Waals surface area contributed by atoms with E-state index in [0.717, 1.165) is 21.5 Å². The van der Waals surface area contributed by atoms with E-state index < -0.39 is 136 Å². The number of aliphatic carboxylic acids is 2. The molecule has 8 bridgehead atoms. The topological polar surface area (TPSA) is 394 Å². The van der Waals surface area contributed by atoms with Crippen molar-refractivity contribution in [2.75, 3.05) is 27.2 Å². The van der Waals surface area contributed by atoms with Crippen LogP contribution in [0.15, 0.2) is 146 Å². The van der Waals surface area contributed by atoms with Crippen molar-refractivity contribution in [2.45, 2.75) is 180 Å². The number of carboxylic acid groups (broad SMARTS) is 2. The minimum Gasteiger partial charge on any atom is -0.487 e. The number of amides is 8. The maximum absolute atomic E-state index is 16.0. The molecule has 6 aliphatic rings. The van der Waals surface area contributed by atoms with E-state index in [4.69, 9.17) is 9.47 Å². The molecule has 2 saturated heterocycles. The second kappa shape index (κ2) is 33.9. The molecule has 8 heterocycles. The molecule has 0 radical (unpaired) electrons. The first-order chi connectivity index (χ1) is 52.4. The van der Waals surface area contributed by atoms with Crippen LogP contribution in [0.2, 0.25) is 0 Å². The molecule has 1 spiro atoms. The highest BCUT2D eigenvalue weighted by atomic mass is 16.5. The second-order valence-corrected chi connectivity index (χ2v) is 30.7. The third kappa shape index (κ3) is 18.4. The van der Waals surface area contributed by atoms with Crippen molar-refractivity contribution in [1.29, 1.82) is 0 Å². The Morgan fingerprint density at radius 2 is 1.03 bits per heavy atom. The van der Waals surface area contributed by atoms with Crippen molar-refractivity contribution in [1.82, 2.24) is 82.3 Å². The Labute approximate surface area is 636 Å². The van der Waals surface area contributed by atoms with Gasteiger partial charge in [0.25, 0.3) is 5.91 Å². The first kappa shape index (κ1) is 79.4. The number of carboxylic acids is 2. The third-order valence-corrected chi connectivity index (χ3v) is 20.7. The second-order valence-electron chi connectivity index (χ2n) is 30.7. The van der Waals surface area contributed by atoms with Crippen LogP contribution < -0.4 is 52.0 Å². The lowest BCUT2D eigenvalue weighted by Gasteiger charge is -2.42. The smallest absolute Gasteiger partial charge is 0.326 e. The maximum atomic E-state index is 16.0. The van der Waals surface area contributed by atoms with Gasteiger partial charge in [-0.2, -0.15) is 0 Å². The van der Waals surface area contributed by atoms with Crippen molar-refractivity contribution in [3.63, 3.8) is 0 Å². The molecule has 8 amide bonds. The van der Waals surface area contributed by atoms with Crippen LogP contribution in [-0.2, 0) is 92.5 Å². The molecule has 0 saturated carbocycles. The number of hydrogen-bond acceptors (Lipinski definition) is 18. The standard InChI is InChI=1S/C80H96N16O14/c1-46(81-9)68(97)87-66(78(3,4)5)73(102)93-35-32-64-65(93)72(101)83-60(40-50-20-26-52-16-11-13-18-54(52)36-50)70(99)84-62(75(104)105)38-48-24-30-59(31-25-48)110-45-57-43-96(92-90-57)80(33-15-34-94(80)74(103)67(79(6,7)8)88-69(98)47(2)82-10)77(108)86-61(41-51-21-27-53-17-12-14-19-55(53)37-51)71(100)85-63(76(106)107)39-49-22-28-58(29-23-49)109-44-56-42-95(64)91-89-56/h11-14,16-31,36-37,42-43,46-47,60-67,81-82H,15,32-35,38-41,44-45H2,1-10H3,(H,83,101)(H,84,99)(H,85,100)(H,86,108)(H,87,97)(H,88,98)(H,104,105)(H,106,107). The van der Waals surface area contributed by atoms with Crippen LogP contribution >= 0.6 is 0 Å². The highest BCUT2D eigenvalue weighted by Gasteiger charge is 2.56. The number of carbonyl (C=O) groups excluding carboxylic acids is 8. The Morgan fingerprint density at radius 3 is 1.51 bits per heavy atom. The summed E-state index contributed by atoms with van der Waals surface area (Å²) in [7, 11) is 3.21. The first-order valence-corrected chi connectivity index (χ1v) is 36.9. The van der Waals surface area contributed by atoms with E-state index in [2.05, 4.69) is 63.2 Å². The minimum atomic E-state index is -2.07. The van der Waals surface area contributed by atoms with Crippen molar-refractivity contribution in [3.8, 4) is 11.5 Å². The fourth-order valence-electron chi connectivity index (χ4n) is 14.1. The molecule has 11 unspecified atom stereocenters. The molecule has 6 aromatic carbocycles. The van der Waals surface area contributed by atoms with Crippen LogP contribution in [0, 0.1) is 10.8 Å². The molecular weight excluding hydrogens is 1410 g/mol. The van der Waals surface area contributed by atoms with Gasteiger partial charge in [0.15, 0.2) is 0 Å². The van der Waals surface area contributed by atoms with E-state index in [1.54, 1.807) is 136 Å². The summed E-state index contributed by atoms with van der Waals surface area (Å²) in [5.41, 5.74) is -1.28. The van der Waals surface area contributed by atoms with Gasteiger partial charge in [-0.3, -0.25) is 38.4 Å². The maximum Gasteiger partial charge on any atom is 0.326 e. The molecule has 6 aliphatic heterocycles.